The molecule has 0 spiro atoms. The molecule has 0 aromatic heterocycles. The van der Waals surface area contributed by atoms with E-state index in [1.165, 1.54) is 19.2 Å². The van der Waals surface area contributed by atoms with Gasteiger partial charge in [0.1, 0.15) is 6.61 Å². The van der Waals surface area contributed by atoms with Crippen molar-refractivity contribution in [2.45, 2.75) is 19.0 Å². The smallest absolute Gasteiger partial charge is 0.377 e. The largest absolute Gasteiger partial charge is 0.416 e. The lowest BCUT2D eigenvalue weighted by molar-refractivity contribution is -0.137. The number of ether oxygens (including phenoxy) is 1. The Morgan fingerprint density at radius 3 is 2.29 bits per heavy atom. The minimum Gasteiger partial charge on any atom is -0.377 e. The van der Waals surface area contributed by atoms with Gasteiger partial charge in [-0.25, -0.2) is 0 Å². The van der Waals surface area contributed by atoms with Gasteiger partial charge in [-0.1, -0.05) is 12.1 Å². The van der Waals surface area contributed by atoms with Crippen LogP contribution in [0.3, 0.4) is 0 Å². The van der Waals surface area contributed by atoms with Gasteiger partial charge in [0.15, 0.2) is 5.78 Å². The molecule has 5 heteroatoms. The fourth-order valence-corrected chi connectivity index (χ4v) is 1.38. The van der Waals surface area contributed by atoms with Gasteiger partial charge in [-0.05, 0) is 24.1 Å². The van der Waals surface area contributed by atoms with Crippen molar-refractivity contribution in [2.75, 3.05) is 13.7 Å². The van der Waals surface area contributed by atoms with Crippen molar-refractivity contribution in [3.63, 3.8) is 0 Å². The molecule has 0 aliphatic carbocycles. The molecule has 0 radical (unpaired) electrons. The van der Waals surface area contributed by atoms with Crippen molar-refractivity contribution < 1.29 is 22.7 Å². The molecule has 2 nitrogen and oxygen atoms in total. The highest BCUT2D eigenvalue weighted by Crippen LogP contribution is 2.29. The first-order chi connectivity index (χ1) is 7.93. The second-order valence-corrected chi connectivity index (χ2v) is 3.67. The molecule has 0 bridgehead atoms. The molecular formula is C12H13F3O2. The zero-order chi connectivity index (χ0) is 12.9. The highest BCUT2D eigenvalue weighted by Gasteiger charge is 2.29. The SMILES string of the molecule is COCC(=O)CCc1ccc(C(F)(F)F)cc1. The summed E-state index contributed by atoms with van der Waals surface area (Å²) in [7, 11) is 1.43. The third-order valence-electron chi connectivity index (χ3n) is 2.28. The van der Waals surface area contributed by atoms with Crippen molar-refractivity contribution in [3.05, 3.63) is 35.4 Å². The number of hydrogen-bond donors (Lipinski definition) is 0. The molecule has 0 amide bonds. The number of carbonyl (C=O) groups excluding carboxylic acids is 1. The molecule has 1 aromatic rings. The number of aryl methyl sites for hydroxylation is 1. The topological polar surface area (TPSA) is 26.3 Å². The summed E-state index contributed by atoms with van der Waals surface area (Å²) in [5.74, 6) is -0.0626. The molecule has 0 atom stereocenters. The van der Waals surface area contributed by atoms with Gasteiger partial charge in [0.25, 0.3) is 0 Å². The molecule has 0 unspecified atom stereocenters. The summed E-state index contributed by atoms with van der Waals surface area (Å²) in [6.45, 7) is 0.0423. The number of ketones is 1. The molecular weight excluding hydrogens is 233 g/mol. The number of alkyl halides is 3. The molecule has 0 N–H and O–H groups in total. The Morgan fingerprint density at radius 2 is 1.82 bits per heavy atom. The summed E-state index contributed by atoms with van der Waals surface area (Å²) in [5.41, 5.74) is 0.0342. The van der Waals surface area contributed by atoms with Crippen molar-refractivity contribution in [2.24, 2.45) is 0 Å². The Kier molecular flexibility index (Phi) is 4.69. The van der Waals surface area contributed by atoms with Crippen LogP contribution in [0.15, 0.2) is 24.3 Å². The van der Waals surface area contributed by atoms with Crippen LogP contribution in [0, 0.1) is 0 Å². The highest BCUT2D eigenvalue weighted by atomic mass is 19.4. The maximum absolute atomic E-state index is 12.3. The Morgan fingerprint density at radius 1 is 1.24 bits per heavy atom. The first-order valence-electron chi connectivity index (χ1n) is 5.10. The zero-order valence-electron chi connectivity index (χ0n) is 9.38. The van der Waals surface area contributed by atoms with Gasteiger partial charge in [-0.15, -0.1) is 0 Å². The standard InChI is InChI=1S/C12H13F3O2/c1-17-8-11(16)7-4-9-2-5-10(6-3-9)12(13,14)15/h2-3,5-6H,4,7-8H2,1H3. The van der Waals surface area contributed by atoms with E-state index in [1.54, 1.807) is 0 Å². The van der Waals surface area contributed by atoms with Crippen molar-refractivity contribution in [3.8, 4) is 0 Å². The Balaban J connectivity index is 2.54. The van der Waals surface area contributed by atoms with Crippen LogP contribution in [0.5, 0.6) is 0 Å². The summed E-state index contributed by atoms with van der Waals surface area (Å²) >= 11 is 0. The molecule has 0 saturated heterocycles. The molecule has 1 rings (SSSR count). The second kappa shape index (κ2) is 5.82. The van der Waals surface area contributed by atoms with Crippen LogP contribution in [0.2, 0.25) is 0 Å². The van der Waals surface area contributed by atoms with Crippen LogP contribution in [0.4, 0.5) is 13.2 Å². The number of halogens is 3. The third-order valence-corrected chi connectivity index (χ3v) is 2.28. The van der Waals surface area contributed by atoms with Gasteiger partial charge in [-0.3, -0.25) is 4.79 Å². The maximum atomic E-state index is 12.3. The molecule has 0 aliphatic heterocycles. The van der Waals surface area contributed by atoms with E-state index in [1.807, 2.05) is 0 Å². The summed E-state index contributed by atoms with van der Waals surface area (Å²) in [5, 5.41) is 0. The first kappa shape index (κ1) is 13.7. The number of hydrogen-bond acceptors (Lipinski definition) is 2. The predicted octanol–water partition coefficient (Wildman–Crippen LogP) is 2.85. The van der Waals surface area contributed by atoms with Crippen LogP contribution in [-0.4, -0.2) is 19.5 Å². The van der Waals surface area contributed by atoms with E-state index in [0.717, 1.165) is 12.1 Å². The minimum atomic E-state index is -4.32. The van der Waals surface area contributed by atoms with Crippen LogP contribution >= 0.6 is 0 Å². The van der Waals surface area contributed by atoms with Gasteiger partial charge in [-0.2, -0.15) is 13.2 Å². The fraction of sp³-hybridized carbons (Fsp3) is 0.417. The highest BCUT2D eigenvalue weighted by molar-refractivity contribution is 5.79. The average Bonchev–Trinajstić information content (AvgIpc) is 2.26. The maximum Gasteiger partial charge on any atom is 0.416 e. The number of rotatable bonds is 5. The van der Waals surface area contributed by atoms with Crippen molar-refractivity contribution in [1.29, 1.82) is 0 Å². The summed E-state index contributed by atoms with van der Waals surface area (Å²) in [4.78, 5) is 11.1. The van der Waals surface area contributed by atoms with E-state index >= 15 is 0 Å². The molecule has 0 heterocycles. The van der Waals surface area contributed by atoms with E-state index < -0.39 is 11.7 Å². The third kappa shape index (κ3) is 4.56. The van der Waals surface area contributed by atoms with E-state index in [9.17, 15) is 18.0 Å². The van der Waals surface area contributed by atoms with Crippen LogP contribution in [0.25, 0.3) is 0 Å². The second-order valence-electron chi connectivity index (χ2n) is 3.67. The molecule has 1 aromatic carbocycles. The molecule has 94 valence electrons. The van der Waals surface area contributed by atoms with E-state index in [4.69, 9.17) is 0 Å². The van der Waals surface area contributed by atoms with Gasteiger partial charge in [0.2, 0.25) is 0 Å². The molecule has 0 saturated carbocycles. The summed E-state index contributed by atoms with van der Waals surface area (Å²) in [6.07, 6.45) is -3.61. The summed E-state index contributed by atoms with van der Waals surface area (Å²) < 4.78 is 41.4. The Labute approximate surface area is 97.4 Å². The zero-order valence-corrected chi connectivity index (χ0v) is 9.38. The van der Waals surface area contributed by atoms with E-state index in [2.05, 4.69) is 4.74 Å². The average molecular weight is 246 g/mol. The monoisotopic (exact) mass is 246 g/mol. The Hall–Kier alpha value is -1.36. The Bertz CT molecular complexity index is 368. The predicted molar refractivity (Wildman–Crippen MR) is 56.6 cm³/mol. The van der Waals surface area contributed by atoms with Gasteiger partial charge < -0.3 is 4.74 Å². The number of methoxy groups -OCH3 is 1. The minimum absolute atomic E-state index is 0.0423. The molecule has 0 fully saturated rings. The van der Waals surface area contributed by atoms with Gasteiger partial charge in [0, 0.05) is 13.5 Å². The normalized spacial score (nSPS) is 11.5. The molecule has 0 aliphatic rings. The lowest BCUT2D eigenvalue weighted by atomic mass is 10.1. The lowest BCUT2D eigenvalue weighted by Crippen LogP contribution is -2.08. The van der Waals surface area contributed by atoms with Gasteiger partial charge in [0.05, 0.1) is 5.56 Å². The van der Waals surface area contributed by atoms with Crippen LogP contribution < -0.4 is 0 Å². The van der Waals surface area contributed by atoms with Crippen LogP contribution in [0.1, 0.15) is 17.5 Å². The van der Waals surface area contributed by atoms with E-state index in [-0.39, 0.29) is 18.8 Å². The van der Waals surface area contributed by atoms with Crippen molar-refractivity contribution in [1.82, 2.24) is 0 Å². The van der Waals surface area contributed by atoms with Crippen LogP contribution in [-0.2, 0) is 22.1 Å². The number of Topliss-reactive ketones (excluding diaryl/α,β-unsaturated/α-hetero) is 1. The number of benzene rings is 1. The van der Waals surface area contributed by atoms with Gasteiger partial charge >= 0.3 is 6.18 Å². The number of carbonyl (C=O) groups is 1. The van der Waals surface area contributed by atoms with E-state index in [0.29, 0.717) is 12.0 Å². The molecule has 17 heavy (non-hydrogen) atoms. The first-order valence-corrected chi connectivity index (χ1v) is 5.10. The fourth-order valence-electron chi connectivity index (χ4n) is 1.38. The lowest BCUT2D eigenvalue weighted by Gasteiger charge is -2.07. The quantitative estimate of drug-likeness (QED) is 0.798. The van der Waals surface area contributed by atoms with Crippen molar-refractivity contribution >= 4 is 5.78 Å². The summed E-state index contributed by atoms with van der Waals surface area (Å²) in [6, 6.07) is 4.83.